The molecule has 2 aliphatic heterocycles. The Labute approximate surface area is 242 Å². The molecule has 0 spiro atoms. The van der Waals surface area contributed by atoms with Crippen molar-refractivity contribution >= 4 is 23.6 Å². The molecule has 4 N–H and O–H groups in total. The fourth-order valence-corrected chi connectivity index (χ4v) is 4.82. The second-order valence-corrected chi connectivity index (χ2v) is 10.3. The van der Waals surface area contributed by atoms with Crippen LogP contribution in [0.15, 0.2) is 59.2 Å². The van der Waals surface area contributed by atoms with E-state index in [9.17, 15) is 19.2 Å². The highest BCUT2D eigenvalue weighted by Crippen LogP contribution is 2.32. The molecule has 220 valence electrons. The fourth-order valence-electron chi connectivity index (χ4n) is 4.82. The van der Waals surface area contributed by atoms with Crippen LogP contribution in [0.2, 0.25) is 0 Å². The summed E-state index contributed by atoms with van der Waals surface area (Å²) in [6.07, 6.45) is 3.00. The van der Waals surface area contributed by atoms with Crippen LogP contribution in [0.4, 0.5) is 0 Å². The minimum atomic E-state index is -0.832. The number of hydrogen-bond acceptors (Lipinski definition) is 8. The van der Waals surface area contributed by atoms with Gasteiger partial charge in [0.05, 0.1) is 6.42 Å². The third-order valence-electron chi connectivity index (χ3n) is 7.06. The molecule has 0 fully saturated rings. The molecule has 3 heterocycles. The number of amides is 4. The average Bonchev–Trinajstić information content (AvgIpc) is 3.66. The summed E-state index contributed by atoms with van der Waals surface area (Å²) in [4.78, 5) is 56.4. The molecule has 12 heteroatoms. The van der Waals surface area contributed by atoms with Gasteiger partial charge in [-0.1, -0.05) is 36.4 Å². The van der Waals surface area contributed by atoms with Gasteiger partial charge in [0.15, 0.2) is 17.2 Å². The van der Waals surface area contributed by atoms with Gasteiger partial charge < -0.3 is 35.2 Å². The highest BCUT2D eigenvalue weighted by atomic mass is 16.7. The van der Waals surface area contributed by atoms with Gasteiger partial charge >= 0.3 is 0 Å². The van der Waals surface area contributed by atoms with E-state index in [1.165, 1.54) is 6.26 Å². The molecule has 2 bridgehead atoms. The van der Waals surface area contributed by atoms with E-state index < -0.39 is 29.9 Å². The smallest absolute Gasteiger partial charge is 0.273 e. The summed E-state index contributed by atoms with van der Waals surface area (Å²) in [5.41, 5.74) is 1.60. The number of nitrogens with one attached hydrogen (secondary N) is 4. The minimum Gasteiger partial charge on any atom is -0.454 e. The van der Waals surface area contributed by atoms with E-state index in [0.717, 1.165) is 11.1 Å². The van der Waals surface area contributed by atoms with E-state index in [1.54, 1.807) is 25.1 Å². The summed E-state index contributed by atoms with van der Waals surface area (Å²) in [6, 6.07) is 12.3. The van der Waals surface area contributed by atoms with Crippen LogP contribution in [-0.2, 0) is 27.2 Å². The van der Waals surface area contributed by atoms with Gasteiger partial charge in [-0.15, -0.1) is 0 Å². The number of carbonyl (C=O) groups excluding carboxylic acids is 4. The first-order valence-electron chi connectivity index (χ1n) is 13.9. The van der Waals surface area contributed by atoms with Crippen molar-refractivity contribution in [3.63, 3.8) is 0 Å². The Morgan fingerprint density at radius 1 is 0.976 bits per heavy atom. The zero-order chi connectivity index (χ0) is 29.5. The van der Waals surface area contributed by atoms with Gasteiger partial charge in [-0.05, 0) is 49.4 Å². The molecule has 0 saturated carbocycles. The molecule has 2 aromatic carbocycles. The van der Waals surface area contributed by atoms with Crippen molar-refractivity contribution in [3.8, 4) is 11.5 Å². The molecular formula is C30H33N5O7. The van der Waals surface area contributed by atoms with Gasteiger partial charge in [0.25, 0.3) is 5.91 Å². The molecule has 5 rings (SSSR count). The van der Waals surface area contributed by atoms with Gasteiger partial charge in [-0.3, -0.25) is 19.2 Å². The number of aromatic nitrogens is 1. The quantitative estimate of drug-likeness (QED) is 0.359. The standard InChI is InChI=1S/C30H33N5O7/c1-18-30-35-23(16-40-30)29(39)34-22(13-19-7-3-2-4-8-19)27(37)31-12-6-5-9-21(28(38)32-18)33-26(36)15-20-10-11-24-25(14-20)42-17-41-24/h2-4,7-8,10-11,14,16,18,21-22H,5-6,9,12-13,15,17H2,1H3,(H,31,37)(H,32,38)(H,33,36)(H,34,39)/t18-,21-,22-/m0/s1. The maximum absolute atomic E-state index is 13.2. The SMILES string of the molecule is C[C@@H]1NC(=O)[C@@H](NC(=O)Cc2ccc3c(c2)OCO3)CCCCNC(=O)[C@H](Cc2ccccc2)NC(=O)c2coc1n2. The Hall–Kier alpha value is -4.87. The third kappa shape index (κ3) is 7.25. The molecule has 1 aromatic heterocycles. The highest BCUT2D eigenvalue weighted by Gasteiger charge is 2.27. The van der Waals surface area contributed by atoms with Crippen LogP contribution in [-0.4, -0.2) is 54.0 Å². The van der Waals surface area contributed by atoms with Crippen molar-refractivity contribution < 1.29 is 33.1 Å². The van der Waals surface area contributed by atoms with Crippen molar-refractivity contribution in [1.82, 2.24) is 26.3 Å². The molecule has 4 amide bonds. The Morgan fingerprint density at radius 2 is 1.79 bits per heavy atom. The molecule has 3 atom stereocenters. The summed E-state index contributed by atoms with van der Waals surface area (Å²) in [6.45, 7) is 2.14. The second kappa shape index (κ2) is 13.2. The number of ether oxygens (including phenoxy) is 2. The summed E-state index contributed by atoms with van der Waals surface area (Å²) in [5.74, 6) is -0.328. The predicted molar refractivity (Wildman–Crippen MR) is 150 cm³/mol. The van der Waals surface area contributed by atoms with Gasteiger partial charge in [-0.2, -0.15) is 0 Å². The topological polar surface area (TPSA) is 161 Å². The first-order valence-corrected chi connectivity index (χ1v) is 13.9. The van der Waals surface area contributed by atoms with E-state index in [0.29, 0.717) is 43.7 Å². The summed E-state index contributed by atoms with van der Waals surface area (Å²) in [7, 11) is 0. The zero-order valence-electron chi connectivity index (χ0n) is 23.2. The van der Waals surface area contributed by atoms with E-state index in [2.05, 4.69) is 26.3 Å². The van der Waals surface area contributed by atoms with Gasteiger partial charge in [0.1, 0.15) is 24.4 Å². The molecule has 0 aliphatic carbocycles. The lowest BCUT2D eigenvalue weighted by molar-refractivity contribution is -0.129. The van der Waals surface area contributed by atoms with Gasteiger partial charge in [0, 0.05) is 13.0 Å². The number of carbonyl (C=O) groups is 4. The second-order valence-electron chi connectivity index (χ2n) is 10.3. The lowest BCUT2D eigenvalue weighted by atomic mass is 10.0. The Bertz CT molecular complexity index is 1440. The van der Waals surface area contributed by atoms with Crippen molar-refractivity contribution in [2.75, 3.05) is 13.3 Å². The number of fused-ring (bicyclic) bond motifs is 3. The monoisotopic (exact) mass is 575 g/mol. The number of oxazole rings is 1. The lowest BCUT2D eigenvalue weighted by Gasteiger charge is -2.21. The Kier molecular flexibility index (Phi) is 9.00. The van der Waals surface area contributed by atoms with Crippen LogP contribution in [0.3, 0.4) is 0 Å². The summed E-state index contributed by atoms with van der Waals surface area (Å²) in [5, 5.41) is 11.3. The molecule has 42 heavy (non-hydrogen) atoms. The number of hydrogen-bond donors (Lipinski definition) is 4. The largest absolute Gasteiger partial charge is 0.454 e. The number of benzene rings is 2. The molecule has 2 aliphatic rings. The van der Waals surface area contributed by atoms with E-state index in [1.807, 2.05) is 30.3 Å². The van der Waals surface area contributed by atoms with Crippen LogP contribution < -0.4 is 30.7 Å². The van der Waals surface area contributed by atoms with Crippen LogP contribution >= 0.6 is 0 Å². The molecule has 12 nitrogen and oxygen atoms in total. The predicted octanol–water partition coefficient (Wildman–Crippen LogP) is 1.95. The van der Waals surface area contributed by atoms with E-state index in [-0.39, 0.29) is 36.6 Å². The van der Waals surface area contributed by atoms with Gasteiger partial charge in [0.2, 0.25) is 30.4 Å². The first kappa shape index (κ1) is 28.7. The fraction of sp³-hybridized carbons (Fsp3) is 0.367. The van der Waals surface area contributed by atoms with Crippen LogP contribution in [0.5, 0.6) is 11.5 Å². The van der Waals surface area contributed by atoms with Gasteiger partial charge in [-0.25, -0.2) is 4.98 Å². The number of nitrogens with zero attached hydrogens (tertiary/aromatic N) is 1. The van der Waals surface area contributed by atoms with Crippen LogP contribution in [0, 0.1) is 0 Å². The maximum Gasteiger partial charge on any atom is 0.273 e. The molecular weight excluding hydrogens is 542 g/mol. The van der Waals surface area contributed by atoms with E-state index in [4.69, 9.17) is 13.9 Å². The van der Waals surface area contributed by atoms with Crippen molar-refractivity contribution in [2.45, 2.75) is 57.2 Å². The molecule has 3 aromatic rings. The van der Waals surface area contributed by atoms with Crippen LogP contribution in [0.25, 0.3) is 0 Å². The molecule has 0 saturated heterocycles. The zero-order valence-corrected chi connectivity index (χ0v) is 23.2. The summed E-state index contributed by atoms with van der Waals surface area (Å²) < 4.78 is 16.2. The Morgan fingerprint density at radius 3 is 2.62 bits per heavy atom. The maximum atomic E-state index is 13.2. The normalized spacial score (nSPS) is 21.2. The molecule has 0 unspecified atom stereocenters. The van der Waals surface area contributed by atoms with E-state index >= 15 is 0 Å². The first-order chi connectivity index (χ1) is 20.4. The molecule has 0 radical (unpaired) electrons. The number of rotatable bonds is 5. The minimum absolute atomic E-state index is 0.0161. The third-order valence-corrected chi connectivity index (χ3v) is 7.06. The average molecular weight is 576 g/mol. The van der Waals surface area contributed by atoms with Crippen molar-refractivity contribution in [1.29, 1.82) is 0 Å². The lowest BCUT2D eigenvalue weighted by Crippen LogP contribution is -2.49. The van der Waals surface area contributed by atoms with Crippen molar-refractivity contribution in [3.05, 3.63) is 77.5 Å². The van der Waals surface area contributed by atoms with Crippen LogP contribution in [0.1, 0.15) is 59.7 Å². The van der Waals surface area contributed by atoms with Crippen molar-refractivity contribution in [2.24, 2.45) is 0 Å². The summed E-state index contributed by atoms with van der Waals surface area (Å²) >= 11 is 0. The highest BCUT2D eigenvalue weighted by molar-refractivity contribution is 5.96. The Balaban J connectivity index is 1.28.